The fourth-order valence-electron chi connectivity index (χ4n) is 2.28. The monoisotopic (exact) mass is 254 g/mol. The van der Waals surface area contributed by atoms with Gasteiger partial charge in [0.1, 0.15) is 5.84 Å². The maximum absolute atomic E-state index is 4.71. The lowest BCUT2D eigenvalue weighted by atomic mass is 10.1. The van der Waals surface area contributed by atoms with Gasteiger partial charge in [-0.05, 0) is 6.42 Å². The van der Waals surface area contributed by atoms with Crippen molar-refractivity contribution >= 4 is 5.84 Å². The van der Waals surface area contributed by atoms with Crippen molar-refractivity contribution in [2.75, 3.05) is 20.6 Å². The van der Waals surface area contributed by atoms with Crippen LogP contribution in [-0.4, -0.2) is 31.4 Å². The fourth-order valence-corrected chi connectivity index (χ4v) is 2.28. The van der Waals surface area contributed by atoms with Crippen molar-refractivity contribution in [3.05, 3.63) is 0 Å². The first-order valence-corrected chi connectivity index (χ1v) is 7.81. The summed E-state index contributed by atoms with van der Waals surface area (Å²) in [6, 6.07) is 0. The van der Waals surface area contributed by atoms with Crippen LogP contribution in [0.5, 0.6) is 0 Å². The Kier molecular flexibility index (Phi) is 11.2. The Morgan fingerprint density at radius 1 is 0.889 bits per heavy atom. The summed E-state index contributed by atoms with van der Waals surface area (Å²) < 4.78 is 0. The molecule has 0 unspecified atom stereocenters. The molecule has 0 aliphatic heterocycles. The highest BCUT2D eigenvalue weighted by Gasteiger charge is 2.05. The van der Waals surface area contributed by atoms with Gasteiger partial charge in [0.2, 0.25) is 0 Å². The van der Waals surface area contributed by atoms with E-state index in [-0.39, 0.29) is 0 Å². The molecule has 0 aromatic heterocycles. The zero-order valence-corrected chi connectivity index (χ0v) is 13.3. The second-order valence-electron chi connectivity index (χ2n) is 5.76. The van der Waals surface area contributed by atoms with E-state index >= 15 is 0 Å². The number of unbranched alkanes of at least 4 members (excludes halogenated alkanes) is 7. The summed E-state index contributed by atoms with van der Waals surface area (Å²) in [5.74, 6) is 1.77. The highest BCUT2D eigenvalue weighted by Crippen LogP contribution is 2.09. The van der Waals surface area contributed by atoms with Gasteiger partial charge >= 0.3 is 0 Å². The summed E-state index contributed by atoms with van der Waals surface area (Å²) in [5, 5.41) is 0. The van der Waals surface area contributed by atoms with Crippen molar-refractivity contribution in [2.45, 2.75) is 72.1 Å². The topological polar surface area (TPSA) is 15.6 Å². The second kappa shape index (κ2) is 11.6. The van der Waals surface area contributed by atoms with Gasteiger partial charge in [-0.3, -0.25) is 4.99 Å². The molecule has 0 fully saturated rings. The molecule has 0 rings (SSSR count). The Hall–Kier alpha value is -0.530. The molecular weight excluding hydrogens is 220 g/mol. The maximum atomic E-state index is 4.71. The molecule has 0 saturated carbocycles. The SMILES string of the molecule is CCCCCCCCCCN=C(C(C)C)N(C)C. The third-order valence-electron chi connectivity index (χ3n) is 3.26. The molecule has 0 aromatic rings. The van der Waals surface area contributed by atoms with E-state index in [9.17, 15) is 0 Å². The Bertz CT molecular complexity index is 197. The van der Waals surface area contributed by atoms with Crippen LogP contribution in [0.15, 0.2) is 4.99 Å². The first-order chi connectivity index (χ1) is 8.59. The van der Waals surface area contributed by atoms with Gasteiger partial charge in [-0.1, -0.05) is 65.7 Å². The summed E-state index contributed by atoms with van der Waals surface area (Å²) in [6.45, 7) is 7.70. The number of rotatable bonds is 10. The van der Waals surface area contributed by atoms with E-state index in [1.807, 2.05) is 0 Å². The Morgan fingerprint density at radius 3 is 1.83 bits per heavy atom. The van der Waals surface area contributed by atoms with Gasteiger partial charge in [0, 0.05) is 26.6 Å². The minimum Gasteiger partial charge on any atom is -0.366 e. The Balaban J connectivity index is 3.51. The minimum atomic E-state index is 0.536. The lowest BCUT2D eigenvalue weighted by Crippen LogP contribution is -2.27. The quantitative estimate of drug-likeness (QED) is 0.312. The van der Waals surface area contributed by atoms with Crippen LogP contribution < -0.4 is 0 Å². The lowest BCUT2D eigenvalue weighted by Gasteiger charge is -2.19. The molecule has 2 nitrogen and oxygen atoms in total. The van der Waals surface area contributed by atoms with Crippen molar-refractivity contribution in [1.82, 2.24) is 4.90 Å². The van der Waals surface area contributed by atoms with E-state index < -0.39 is 0 Å². The summed E-state index contributed by atoms with van der Waals surface area (Å²) in [6.07, 6.45) is 11.0. The molecule has 0 aliphatic rings. The number of nitrogens with zero attached hydrogens (tertiary/aromatic N) is 2. The average Bonchev–Trinajstić information content (AvgIpc) is 2.30. The first kappa shape index (κ1) is 17.5. The average molecular weight is 254 g/mol. The van der Waals surface area contributed by atoms with Crippen molar-refractivity contribution in [1.29, 1.82) is 0 Å². The fraction of sp³-hybridized carbons (Fsp3) is 0.938. The molecule has 0 heterocycles. The van der Waals surface area contributed by atoms with E-state index in [1.54, 1.807) is 0 Å². The third kappa shape index (κ3) is 9.49. The van der Waals surface area contributed by atoms with Crippen LogP contribution >= 0.6 is 0 Å². The number of amidine groups is 1. The predicted octanol–water partition coefficient (Wildman–Crippen LogP) is 4.74. The third-order valence-corrected chi connectivity index (χ3v) is 3.26. The van der Waals surface area contributed by atoms with E-state index in [4.69, 9.17) is 4.99 Å². The van der Waals surface area contributed by atoms with Crippen LogP contribution in [0.3, 0.4) is 0 Å². The van der Waals surface area contributed by atoms with Crippen LogP contribution in [0.2, 0.25) is 0 Å². The highest BCUT2D eigenvalue weighted by atomic mass is 15.1. The largest absolute Gasteiger partial charge is 0.366 e. The number of hydrogen-bond donors (Lipinski definition) is 0. The molecule has 2 heteroatoms. The lowest BCUT2D eigenvalue weighted by molar-refractivity contribution is 0.558. The molecule has 18 heavy (non-hydrogen) atoms. The van der Waals surface area contributed by atoms with Crippen LogP contribution in [0.1, 0.15) is 72.1 Å². The van der Waals surface area contributed by atoms with E-state index in [1.165, 1.54) is 57.2 Å². The molecule has 0 radical (unpaired) electrons. The van der Waals surface area contributed by atoms with Crippen molar-refractivity contribution in [3.8, 4) is 0 Å². The normalized spacial score (nSPS) is 12.2. The van der Waals surface area contributed by atoms with Gasteiger partial charge in [0.25, 0.3) is 0 Å². The summed E-state index contributed by atoms with van der Waals surface area (Å²) >= 11 is 0. The van der Waals surface area contributed by atoms with Crippen LogP contribution in [0, 0.1) is 5.92 Å². The van der Waals surface area contributed by atoms with E-state index in [0.29, 0.717) is 5.92 Å². The smallest absolute Gasteiger partial charge is 0.101 e. The first-order valence-electron chi connectivity index (χ1n) is 7.81. The molecule has 0 aromatic carbocycles. The Morgan fingerprint density at radius 2 is 1.39 bits per heavy atom. The van der Waals surface area contributed by atoms with E-state index in [2.05, 4.69) is 39.8 Å². The van der Waals surface area contributed by atoms with Gasteiger partial charge in [0.05, 0.1) is 0 Å². The van der Waals surface area contributed by atoms with Crippen LogP contribution in [0.4, 0.5) is 0 Å². The molecule has 0 N–H and O–H groups in total. The number of aliphatic imine (C=N–C) groups is 1. The predicted molar refractivity (Wildman–Crippen MR) is 83.4 cm³/mol. The molecule has 0 spiro atoms. The zero-order valence-electron chi connectivity index (χ0n) is 13.3. The summed E-state index contributed by atoms with van der Waals surface area (Å²) in [4.78, 5) is 6.86. The molecule has 0 aliphatic carbocycles. The molecular formula is C16H34N2. The molecule has 0 atom stereocenters. The second-order valence-corrected chi connectivity index (χ2v) is 5.76. The van der Waals surface area contributed by atoms with E-state index in [0.717, 1.165) is 6.54 Å². The van der Waals surface area contributed by atoms with Crippen molar-refractivity contribution in [2.24, 2.45) is 10.9 Å². The van der Waals surface area contributed by atoms with Gasteiger partial charge in [-0.2, -0.15) is 0 Å². The van der Waals surface area contributed by atoms with Crippen LogP contribution in [0.25, 0.3) is 0 Å². The van der Waals surface area contributed by atoms with Gasteiger partial charge in [-0.25, -0.2) is 0 Å². The minimum absolute atomic E-state index is 0.536. The van der Waals surface area contributed by atoms with Gasteiger partial charge in [-0.15, -0.1) is 0 Å². The summed E-state index contributed by atoms with van der Waals surface area (Å²) in [5.41, 5.74) is 0. The van der Waals surface area contributed by atoms with Crippen molar-refractivity contribution in [3.63, 3.8) is 0 Å². The molecule has 0 saturated heterocycles. The van der Waals surface area contributed by atoms with Gasteiger partial charge < -0.3 is 4.90 Å². The molecule has 108 valence electrons. The standard InChI is InChI=1S/C16H34N2/c1-6-7-8-9-10-11-12-13-14-17-16(15(2)3)18(4)5/h15H,6-14H2,1-5H3. The Labute approximate surface area is 115 Å². The zero-order chi connectivity index (χ0) is 13.8. The van der Waals surface area contributed by atoms with Crippen LogP contribution in [-0.2, 0) is 0 Å². The van der Waals surface area contributed by atoms with Crippen molar-refractivity contribution < 1.29 is 0 Å². The molecule has 0 bridgehead atoms. The molecule has 0 amide bonds. The maximum Gasteiger partial charge on any atom is 0.101 e. The van der Waals surface area contributed by atoms with Gasteiger partial charge in [0.15, 0.2) is 0 Å². The number of hydrogen-bond acceptors (Lipinski definition) is 1. The highest BCUT2D eigenvalue weighted by molar-refractivity contribution is 5.83. The summed E-state index contributed by atoms with van der Waals surface area (Å²) in [7, 11) is 4.18.